The van der Waals surface area contributed by atoms with E-state index in [9.17, 15) is 9.59 Å². The number of esters is 1. The Bertz CT molecular complexity index is 634. The minimum atomic E-state index is -0.369. The molecule has 1 heterocycles. The van der Waals surface area contributed by atoms with Gasteiger partial charge in [-0.05, 0) is 31.2 Å². The van der Waals surface area contributed by atoms with E-state index in [0.29, 0.717) is 5.56 Å². The Hall–Kier alpha value is -2.23. The lowest BCUT2D eigenvalue weighted by atomic mass is 10.0. The van der Waals surface area contributed by atoms with Crippen molar-refractivity contribution in [2.24, 2.45) is 0 Å². The number of Topliss-reactive ketones (excluding diaryl/α,β-unsaturated/α-hetero) is 1. The zero-order chi connectivity index (χ0) is 13.8. The van der Waals surface area contributed by atoms with E-state index >= 15 is 0 Å². The van der Waals surface area contributed by atoms with Crippen LogP contribution in [0.25, 0.3) is 10.9 Å². The van der Waals surface area contributed by atoms with Gasteiger partial charge in [-0.15, -0.1) is 0 Å². The maximum absolute atomic E-state index is 11.9. The number of pyridine rings is 1. The highest BCUT2D eigenvalue weighted by Crippen LogP contribution is 2.16. The Morgan fingerprint density at radius 1 is 1.16 bits per heavy atom. The fraction of sp³-hybridized carbons (Fsp3) is 0.267. The molecular weight excluding hydrogens is 242 g/mol. The summed E-state index contributed by atoms with van der Waals surface area (Å²) in [7, 11) is 1.32. The largest absolute Gasteiger partial charge is 0.469 e. The second kappa shape index (κ2) is 5.61. The molecule has 4 nitrogen and oxygen atoms in total. The van der Waals surface area contributed by atoms with Gasteiger partial charge in [0.2, 0.25) is 0 Å². The van der Waals surface area contributed by atoms with Gasteiger partial charge in [0.25, 0.3) is 0 Å². The number of hydrogen-bond acceptors (Lipinski definition) is 4. The van der Waals surface area contributed by atoms with E-state index in [1.54, 1.807) is 12.1 Å². The molecule has 0 aliphatic carbocycles. The third-order valence-electron chi connectivity index (χ3n) is 2.93. The van der Waals surface area contributed by atoms with Gasteiger partial charge in [-0.2, -0.15) is 0 Å². The first kappa shape index (κ1) is 13.2. The number of carbonyl (C=O) groups excluding carboxylic acids is 2. The molecule has 0 amide bonds. The van der Waals surface area contributed by atoms with Crippen molar-refractivity contribution in [1.82, 2.24) is 4.98 Å². The molecule has 1 aromatic carbocycles. The van der Waals surface area contributed by atoms with Gasteiger partial charge in [0.05, 0.1) is 19.0 Å². The number of methoxy groups -OCH3 is 1. The van der Waals surface area contributed by atoms with Gasteiger partial charge in [-0.1, -0.05) is 6.07 Å². The van der Waals surface area contributed by atoms with E-state index in [1.807, 2.05) is 25.1 Å². The summed E-state index contributed by atoms with van der Waals surface area (Å²) in [6.45, 7) is 1.93. The van der Waals surface area contributed by atoms with Crippen molar-refractivity contribution < 1.29 is 14.3 Å². The molecule has 0 bridgehead atoms. The SMILES string of the molecule is COC(=O)CCC(=O)c1ccc2nc(C)ccc2c1. The average molecular weight is 257 g/mol. The van der Waals surface area contributed by atoms with Crippen molar-refractivity contribution in [3.63, 3.8) is 0 Å². The highest BCUT2D eigenvalue weighted by molar-refractivity contribution is 6.00. The van der Waals surface area contributed by atoms with Crippen LogP contribution in [0.3, 0.4) is 0 Å². The second-order valence-electron chi connectivity index (χ2n) is 4.36. The number of aromatic nitrogens is 1. The van der Waals surface area contributed by atoms with Gasteiger partial charge >= 0.3 is 5.97 Å². The van der Waals surface area contributed by atoms with Crippen LogP contribution in [0.4, 0.5) is 0 Å². The Kier molecular flexibility index (Phi) is 3.90. The second-order valence-corrected chi connectivity index (χ2v) is 4.36. The molecule has 0 saturated heterocycles. The molecule has 0 aliphatic heterocycles. The van der Waals surface area contributed by atoms with Crippen LogP contribution in [0.5, 0.6) is 0 Å². The van der Waals surface area contributed by atoms with Crippen molar-refractivity contribution in [3.05, 3.63) is 41.6 Å². The van der Waals surface area contributed by atoms with Crippen LogP contribution in [-0.2, 0) is 9.53 Å². The molecule has 0 N–H and O–H groups in total. The Labute approximate surface area is 111 Å². The van der Waals surface area contributed by atoms with Crippen LogP contribution in [0.1, 0.15) is 28.9 Å². The van der Waals surface area contributed by atoms with Gasteiger partial charge in [-0.25, -0.2) is 0 Å². The normalized spacial score (nSPS) is 10.4. The molecule has 0 saturated carbocycles. The monoisotopic (exact) mass is 257 g/mol. The fourth-order valence-corrected chi connectivity index (χ4v) is 1.86. The summed E-state index contributed by atoms with van der Waals surface area (Å²) in [6, 6.07) is 9.23. The summed E-state index contributed by atoms with van der Waals surface area (Å²) in [6.07, 6.45) is 0.275. The topological polar surface area (TPSA) is 56.3 Å². The molecule has 0 spiro atoms. The number of nitrogens with zero attached hydrogens (tertiary/aromatic N) is 1. The van der Waals surface area contributed by atoms with Gasteiger partial charge in [0.1, 0.15) is 0 Å². The van der Waals surface area contributed by atoms with Crippen molar-refractivity contribution in [2.45, 2.75) is 19.8 Å². The highest BCUT2D eigenvalue weighted by atomic mass is 16.5. The number of hydrogen-bond donors (Lipinski definition) is 0. The third kappa shape index (κ3) is 3.16. The molecule has 0 radical (unpaired) electrons. The molecule has 1 aromatic heterocycles. The van der Waals surface area contributed by atoms with Crippen LogP contribution in [-0.4, -0.2) is 23.8 Å². The number of aryl methyl sites for hydroxylation is 1. The summed E-state index contributed by atoms with van der Waals surface area (Å²) >= 11 is 0. The molecule has 0 atom stereocenters. The molecule has 0 aliphatic rings. The molecule has 19 heavy (non-hydrogen) atoms. The summed E-state index contributed by atoms with van der Waals surface area (Å²) in [5.74, 6) is -0.431. The van der Waals surface area contributed by atoms with Crippen molar-refractivity contribution in [2.75, 3.05) is 7.11 Å². The lowest BCUT2D eigenvalue weighted by Crippen LogP contribution is -2.06. The van der Waals surface area contributed by atoms with Crippen LogP contribution in [0.15, 0.2) is 30.3 Å². The summed E-state index contributed by atoms with van der Waals surface area (Å²) < 4.78 is 4.52. The zero-order valence-electron chi connectivity index (χ0n) is 11.0. The number of carbonyl (C=O) groups is 2. The number of rotatable bonds is 4. The molecule has 2 rings (SSSR count). The maximum atomic E-state index is 11.9. The third-order valence-corrected chi connectivity index (χ3v) is 2.93. The predicted octanol–water partition coefficient (Wildman–Crippen LogP) is 2.68. The minimum Gasteiger partial charge on any atom is -0.469 e. The molecular formula is C15H15NO3. The minimum absolute atomic E-state index is 0.0622. The first-order valence-electron chi connectivity index (χ1n) is 6.07. The average Bonchev–Trinajstić information content (AvgIpc) is 2.43. The van der Waals surface area contributed by atoms with E-state index in [4.69, 9.17) is 0 Å². The first-order chi connectivity index (χ1) is 9.10. The van der Waals surface area contributed by atoms with E-state index in [1.165, 1.54) is 7.11 Å². The first-order valence-corrected chi connectivity index (χ1v) is 6.07. The standard InChI is InChI=1S/C15H15NO3/c1-10-3-4-11-9-12(5-6-13(11)16-10)14(17)7-8-15(18)19-2/h3-6,9H,7-8H2,1-2H3. The molecule has 0 fully saturated rings. The quantitative estimate of drug-likeness (QED) is 0.624. The summed E-state index contributed by atoms with van der Waals surface area (Å²) in [5.41, 5.74) is 2.41. The fourth-order valence-electron chi connectivity index (χ4n) is 1.86. The number of ketones is 1. The number of fused-ring (bicyclic) bond motifs is 1. The Morgan fingerprint density at radius 3 is 2.68 bits per heavy atom. The van der Waals surface area contributed by atoms with E-state index in [0.717, 1.165) is 16.6 Å². The van der Waals surface area contributed by atoms with Crippen LogP contribution >= 0.6 is 0 Å². The molecule has 4 heteroatoms. The predicted molar refractivity (Wildman–Crippen MR) is 72.1 cm³/mol. The molecule has 2 aromatic rings. The number of ether oxygens (including phenoxy) is 1. The van der Waals surface area contributed by atoms with Gasteiger partial charge in [-0.3, -0.25) is 14.6 Å². The lowest BCUT2D eigenvalue weighted by Gasteiger charge is -2.03. The summed E-state index contributed by atoms with van der Waals surface area (Å²) in [4.78, 5) is 27.3. The maximum Gasteiger partial charge on any atom is 0.305 e. The van der Waals surface area contributed by atoms with Crippen LogP contribution in [0, 0.1) is 6.92 Å². The van der Waals surface area contributed by atoms with Gasteiger partial charge in [0, 0.05) is 23.1 Å². The van der Waals surface area contributed by atoms with Gasteiger partial charge < -0.3 is 4.74 Å². The number of benzene rings is 1. The molecule has 98 valence electrons. The summed E-state index contributed by atoms with van der Waals surface area (Å²) in [5, 5.41) is 0.925. The molecule has 0 unspecified atom stereocenters. The van der Waals surface area contributed by atoms with E-state index < -0.39 is 0 Å². The van der Waals surface area contributed by atoms with Crippen molar-refractivity contribution in [1.29, 1.82) is 0 Å². The van der Waals surface area contributed by atoms with E-state index in [2.05, 4.69) is 9.72 Å². The van der Waals surface area contributed by atoms with Crippen LogP contribution in [0.2, 0.25) is 0 Å². The smallest absolute Gasteiger partial charge is 0.305 e. The Morgan fingerprint density at radius 2 is 1.95 bits per heavy atom. The van der Waals surface area contributed by atoms with Crippen molar-refractivity contribution >= 4 is 22.7 Å². The van der Waals surface area contributed by atoms with Crippen molar-refractivity contribution in [3.8, 4) is 0 Å². The highest BCUT2D eigenvalue weighted by Gasteiger charge is 2.10. The van der Waals surface area contributed by atoms with Gasteiger partial charge in [0.15, 0.2) is 5.78 Å². The lowest BCUT2D eigenvalue weighted by molar-refractivity contribution is -0.140. The zero-order valence-corrected chi connectivity index (χ0v) is 11.0. The van der Waals surface area contributed by atoms with Crippen LogP contribution < -0.4 is 0 Å². The Balaban J connectivity index is 2.19. The van der Waals surface area contributed by atoms with E-state index in [-0.39, 0.29) is 24.6 Å².